The maximum Gasteiger partial charge on any atom is 0.334 e. The van der Waals surface area contributed by atoms with Crippen molar-refractivity contribution >= 4 is 17.3 Å². The number of hydrogen-bond donors (Lipinski definition) is 0. The average molecular weight is 247 g/mol. The van der Waals surface area contributed by atoms with Crippen LogP contribution in [-0.4, -0.2) is 19.2 Å². The molecule has 1 fully saturated rings. The Labute approximate surface area is 102 Å². The van der Waals surface area contributed by atoms with Gasteiger partial charge in [0.1, 0.15) is 12.7 Å². The Bertz CT molecular complexity index is 528. The van der Waals surface area contributed by atoms with E-state index < -0.39 is 17.5 Å². The molecule has 2 unspecified atom stereocenters. The summed E-state index contributed by atoms with van der Waals surface area (Å²) in [6, 6.07) is 5.86. The summed E-state index contributed by atoms with van der Waals surface area (Å²) in [7, 11) is 0. The van der Waals surface area contributed by atoms with Crippen LogP contribution in [0.3, 0.4) is 0 Å². The first-order valence-corrected chi connectivity index (χ1v) is 6.10. The number of esters is 1. The van der Waals surface area contributed by atoms with Crippen molar-refractivity contribution in [3.63, 3.8) is 0 Å². The number of thiophene rings is 1. The predicted molar refractivity (Wildman–Crippen MR) is 60.1 cm³/mol. The van der Waals surface area contributed by atoms with Crippen LogP contribution in [0.2, 0.25) is 0 Å². The summed E-state index contributed by atoms with van der Waals surface area (Å²) in [5.41, 5.74) is -0.544. The highest BCUT2D eigenvalue weighted by Crippen LogP contribution is 2.51. The molecule has 1 aromatic rings. The summed E-state index contributed by atoms with van der Waals surface area (Å²) in [6.45, 7) is 0.559. The summed E-state index contributed by atoms with van der Waals surface area (Å²) < 4.78 is 10.6. The van der Waals surface area contributed by atoms with Gasteiger partial charge in [-0.15, -0.1) is 11.3 Å². The van der Waals surface area contributed by atoms with E-state index in [1.54, 1.807) is 6.08 Å². The van der Waals surface area contributed by atoms with E-state index in [4.69, 9.17) is 9.47 Å². The van der Waals surface area contributed by atoms with Gasteiger partial charge in [-0.1, -0.05) is 6.07 Å². The highest BCUT2D eigenvalue weighted by atomic mass is 32.1. The van der Waals surface area contributed by atoms with E-state index in [1.807, 2.05) is 17.5 Å². The van der Waals surface area contributed by atoms with E-state index in [9.17, 15) is 10.1 Å². The normalized spacial score (nSPS) is 31.4. The molecule has 3 heterocycles. The summed E-state index contributed by atoms with van der Waals surface area (Å²) in [6.07, 6.45) is 1.24. The molecule has 5 heteroatoms. The molecular weight excluding hydrogens is 238 g/mol. The smallest absolute Gasteiger partial charge is 0.334 e. The fraction of sp³-hybridized carbons (Fsp3) is 0.333. The molecule has 3 rings (SSSR count). The molecule has 0 aliphatic carbocycles. The summed E-state index contributed by atoms with van der Waals surface area (Å²) in [5, 5.41) is 11.3. The zero-order valence-electron chi connectivity index (χ0n) is 8.88. The minimum absolute atomic E-state index is 0.234. The fourth-order valence-electron chi connectivity index (χ4n) is 2.28. The molecule has 2 atom stereocenters. The minimum atomic E-state index is -1.27. The second-order valence-corrected chi connectivity index (χ2v) is 4.93. The van der Waals surface area contributed by atoms with E-state index in [-0.39, 0.29) is 6.61 Å². The maximum atomic E-state index is 12.0. The zero-order valence-corrected chi connectivity index (χ0v) is 9.70. The van der Waals surface area contributed by atoms with Crippen molar-refractivity contribution in [2.45, 2.75) is 6.10 Å². The summed E-state index contributed by atoms with van der Waals surface area (Å²) >= 11 is 1.48. The van der Waals surface area contributed by atoms with Gasteiger partial charge in [-0.05, 0) is 23.1 Å². The van der Waals surface area contributed by atoms with Gasteiger partial charge in [0.25, 0.3) is 0 Å². The van der Waals surface area contributed by atoms with Crippen LogP contribution in [-0.2, 0) is 14.3 Å². The molecule has 0 bridgehead atoms. The van der Waals surface area contributed by atoms with Gasteiger partial charge >= 0.3 is 5.97 Å². The Morgan fingerprint density at radius 1 is 1.59 bits per heavy atom. The SMILES string of the molecule is N#CC12C(=O)OCC=C1COC2c1cccs1. The number of fused-ring (bicyclic) bond motifs is 1. The third-order valence-electron chi connectivity index (χ3n) is 3.15. The van der Waals surface area contributed by atoms with Crippen molar-refractivity contribution in [2.24, 2.45) is 5.41 Å². The van der Waals surface area contributed by atoms with Crippen LogP contribution in [0.4, 0.5) is 0 Å². The van der Waals surface area contributed by atoms with Crippen LogP contribution < -0.4 is 0 Å². The topological polar surface area (TPSA) is 59.3 Å². The molecule has 4 nitrogen and oxygen atoms in total. The molecule has 0 spiro atoms. The number of carbonyl (C=O) groups is 1. The van der Waals surface area contributed by atoms with Crippen molar-refractivity contribution in [1.82, 2.24) is 0 Å². The van der Waals surface area contributed by atoms with Crippen molar-refractivity contribution in [1.29, 1.82) is 5.26 Å². The number of ether oxygens (including phenoxy) is 2. The van der Waals surface area contributed by atoms with Gasteiger partial charge in [-0.2, -0.15) is 5.26 Å². The van der Waals surface area contributed by atoms with Gasteiger partial charge in [0.2, 0.25) is 5.41 Å². The van der Waals surface area contributed by atoms with Crippen molar-refractivity contribution in [3.8, 4) is 6.07 Å². The van der Waals surface area contributed by atoms with Crippen molar-refractivity contribution in [3.05, 3.63) is 34.0 Å². The van der Waals surface area contributed by atoms with Crippen LogP contribution in [0.5, 0.6) is 0 Å². The lowest BCUT2D eigenvalue weighted by Gasteiger charge is -2.27. The molecular formula is C12H9NO3S. The summed E-state index contributed by atoms with van der Waals surface area (Å²) in [5.74, 6) is -0.492. The molecule has 0 amide bonds. The molecule has 2 aliphatic rings. The molecule has 17 heavy (non-hydrogen) atoms. The van der Waals surface area contributed by atoms with Gasteiger partial charge in [0, 0.05) is 4.88 Å². The minimum Gasteiger partial charge on any atom is -0.460 e. The van der Waals surface area contributed by atoms with Gasteiger partial charge in [0.15, 0.2) is 0 Å². The van der Waals surface area contributed by atoms with Crippen LogP contribution in [0.25, 0.3) is 0 Å². The van der Waals surface area contributed by atoms with Crippen LogP contribution in [0.1, 0.15) is 11.0 Å². The molecule has 0 aromatic carbocycles. The molecule has 1 saturated heterocycles. The maximum absolute atomic E-state index is 12.0. The van der Waals surface area contributed by atoms with E-state index in [1.165, 1.54) is 11.3 Å². The van der Waals surface area contributed by atoms with Crippen molar-refractivity contribution < 1.29 is 14.3 Å². The van der Waals surface area contributed by atoms with Gasteiger partial charge in [0.05, 0.1) is 12.7 Å². The molecule has 0 radical (unpaired) electrons. The molecule has 0 saturated carbocycles. The monoisotopic (exact) mass is 247 g/mol. The average Bonchev–Trinajstić information content (AvgIpc) is 2.95. The number of rotatable bonds is 1. The fourth-order valence-corrected chi connectivity index (χ4v) is 3.12. The third-order valence-corrected chi connectivity index (χ3v) is 4.06. The van der Waals surface area contributed by atoms with Crippen LogP contribution >= 0.6 is 11.3 Å². The first-order chi connectivity index (χ1) is 8.29. The third kappa shape index (κ3) is 1.28. The second kappa shape index (κ2) is 3.69. The molecule has 1 aromatic heterocycles. The Morgan fingerprint density at radius 3 is 3.18 bits per heavy atom. The predicted octanol–water partition coefficient (Wildman–Crippen LogP) is 1.81. The first kappa shape index (κ1) is 10.5. The Balaban J connectivity index is 2.14. The number of cyclic esters (lactones) is 1. The van der Waals surface area contributed by atoms with E-state index >= 15 is 0 Å². The lowest BCUT2D eigenvalue weighted by Crippen LogP contribution is -2.38. The van der Waals surface area contributed by atoms with Gasteiger partial charge < -0.3 is 9.47 Å². The number of carbonyl (C=O) groups excluding carboxylic acids is 1. The largest absolute Gasteiger partial charge is 0.460 e. The Hall–Kier alpha value is -1.64. The lowest BCUT2D eigenvalue weighted by atomic mass is 9.77. The molecule has 0 N–H and O–H groups in total. The standard InChI is InChI=1S/C12H9NO3S/c13-7-12-8(3-4-15-11(12)14)6-16-10(12)9-2-1-5-17-9/h1-3,5,10H,4,6H2. The number of hydrogen-bond acceptors (Lipinski definition) is 5. The number of nitriles is 1. The van der Waals surface area contributed by atoms with Crippen LogP contribution in [0, 0.1) is 16.7 Å². The highest BCUT2D eigenvalue weighted by Gasteiger charge is 2.58. The lowest BCUT2D eigenvalue weighted by molar-refractivity contribution is -0.153. The van der Waals surface area contributed by atoms with E-state index in [2.05, 4.69) is 6.07 Å². The van der Waals surface area contributed by atoms with E-state index in [0.29, 0.717) is 6.61 Å². The number of nitrogens with zero attached hydrogens (tertiary/aromatic N) is 1. The molecule has 86 valence electrons. The highest BCUT2D eigenvalue weighted by molar-refractivity contribution is 7.10. The van der Waals surface area contributed by atoms with Crippen molar-refractivity contribution in [2.75, 3.05) is 13.2 Å². The van der Waals surface area contributed by atoms with Gasteiger partial charge in [-0.25, -0.2) is 4.79 Å². The molecule has 2 aliphatic heterocycles. The van der Waals surface area contributed by atoms with Gasteiger partial charge in [-0.3, -0.25) is 0 Å². The Morgan fingerprint density at radius 2 is 2.47 bits per heavy atom. The summed E-state index contributed by atoms with van der Waals surface area (Å²) in [4.78, 5) is 12.9. The second-order valence-electron chi connectivity index (χ2n) is 3.95. The zero-order chi connectivity index (χ0) is 11.9. The Kier molecular flexibility index (Phi) is 2.28. The first-order valence-electron chi connectivity index (χ1n) is 5.22. The quantitative estimate of drug-likeness (QED) is 0.561. The van der Waals surface area contributed by atoms with E-state index in [0.717, 1.165) is 10.5 Å². The van der Waals surface area contributed by atoms with Crippen LogP contribution in [0.15, 0.2) is 29.2 Å².